The lowest BCUT2D eigenvalue weighted by molar-refractivity contribution is -0.233. The first-order chi connectivity index (χ1) is 14.1. The summed E-state index contributed by atoms with van der Waals surface area (Å²) < 4.78 is 22.8. The highest BCUT2D eigenvalue weighted by Gasteiger charge is 2.52. The Bertz CT molecular complexity index is 813. The van der Waals surface area contributed by atoms with Crippen molar-refractivity contribution in [2.75, 3.05) is 6.26 Å². The molecule has 0 bridgehead atoms. The Morgan fingerprint density at radius 3 is 1.97 bits per heavy atom. The maximum absolute atomic E-state index is 11.9. The van der Waals surface area contributed by atoms with Crippen LogP contribution in [0.25, 0.3) is 0 Å². The van der Waals surface area contributed by atoms with Crippen molar-refractivity contribution in [2.45, 2.75) is 69.8 Å². The van der Waals surface area contributed by atoms with E-state index in [0.29, 0.717) is 5.33 Å². The maximum Gasteiger partial charge on any atom is 0.303 e. The molecule has 0 spiro atoms. The predicted molar refractivity (Wildman–Crippen MR) is 116 cm³/mol. The molecule has 0 aliphatic carbocycles. The highest BCUT2D eigenvalue weighted by atomic mass is 79.9. The minimum atomic E-state index is -1.01. The molecule has 0 N–H and O–H groups in total. The van der Waals surface area contributed by atoms with Gasteiger partial charge in [-0.1, -0.05) is 28.1 Å². The van der Waals surface area contributed by atoms with Crippen LogP contribution in [0, 0.1) is 13.8 Å². The lowest BCUT2D eigenvalue weighted by Gasteiger charge is -2.44. The van der Waals surface area contributed by atoms with Crippen molar-refractivity contribution >= 4 is 45.6 Å². The van der Waals surface area contributed by atoms with Crippen LogP contribution >= 0.6 is 27.7 Å². The molecule has 0 saturated carbocycles. The van der Waals surface area contributed by atoms with Crippen LogP contribution in [0.3, 0.4) is 0 Å². The van der Waals surface area contributed by atoms with E-state index < -0.39 is 47.8 Å². The Morgan fingerprint density at radius 1 is 0.933 bits per heavy atom. The number of alkyl halides is 1. The highest BCUT2D eigenvalue weighted by Crippen LogP contribution is 2.41. The van der Waals surface area contributed by atoms with Gasteiger partial charge in [0.15, 0.2) is 18.3 Å². The van der Waals surface area contributed by atoms with Crippen molar-refractivity contribution in [2.24, 2.45) is 0 Å². The number of hydrogen-bond donors (Lipinski definition) is 0. The first-order valence-electron chi connectivity index (χ1n) is 9.44. The third-order valence-electron chi connectivity index (χ3n) is 4.81. The van der Waals surface area contributed by atoms with E-state index in [-0.39, 0.29) is 0 Å². The van der Waals surface area contributed by atoms with E-state index in [1.807, 2.05) is 26.0 Å². The minimum Gasteiger partial charge on any atom is -0.455 e. The van der Waals surface area contributed by atoms with Crippen molar-refractivity contribution in [3.8, 4) is 0 Å². The maximum atomic E-state index is 11.9. The van der Waals surface area contributed by atoms with Crippen molar-refractivity contribution in [3.63, 3.8) is 0 Å². The fraction of sp³-hybridized carbons (Fsp3) is 0.571. The normalized spacial score (nSPS) is 26.0. The van der Waals surface area contributed by atoms with Crippen LogP contribution in [-0.4, -0.2) is 47.9 Å². The molecule has 1 aromatic rings. The second kappa shape index (κ2) is 10.6. The number of benzene rings is 1. The smallest absolute Gasteiger partial charge is 0.303 e. The van der Waals surface area contributed by atoms with Crippen LogP contribution in [0.5, 0.6) is 0 Å². The van der Waals surface area contributed by atoms with Crippen molar-refractivity contribution in [1.82, 2.24) is 0 Å². The Balaban J connectivity index is 2.61. The fourth-order valence-electron chi connectivity index (χ4n) is 3.58. The predicted octanol–water partition coefficient (Wildman–Crippen LogP) is 3.75. The Morgan fingerprint density at radius 2 is 1.47 bits per heavy atom. The summed E-state index contributed by atoms with van der Waals surface area (Å²) in [5, 5.41) is 0.645. The summed E-state index contributed by atoms with van der Waals surface area (Å²) >= 11 is 4.82. The van der Waals surface area contributed by atoms with Gasteiger partial charge in [0, 0.05) is 26.1 Å². The number of aryl methyl sites for hydroxylation is 2. The van der Waals surface area contributed by atoms with E-state index in [2.05, 4.69) is 15.9 Å². The van der Waals surface area contributed by atoms with Gasteiger partial charge in [-0.2, -0.15) is 0 Å². The SMILES string of the molecule is CS[C@H]1O[C@@H](c2cc(CBr)c(C)cc2C)[C@H](OC(C)=O)[C@@H](OC(C)=O)[C@@H]1OC(C)=O. The summed E-state index contributed by atoms with van der Waals surface area (Å²) in [5.74, 6) is -1.68. The quantitative estimate of drug-likeness (QED) is 0.330. The van der Waals surface area contributed by atoms with Gasteiger partial charge in [-0.25, -0.2) is 0 Å². The topological polar surface area (TPSA) is 88.1 Å². The Labute approximate surface area is 189 Å². The van der Waals surface area contributed by atoms with E-state index in [1.165, 1.54) is 32.5 Å². The van der Waals surface area contributed by atoms with Gasteiger partial charge in [-0.05, 0) is 42.4 Å². The van der Waals surface area contributed by atoms with Crippen molar-refractivity contribution < 1.29 is 33.3 Å². The van der Waals surface area contributed by atoms with Crippen LogP contribution < -0.4 is 0 Å². The molecule has 0 unspecified atom stereocenters. The largest absolute Gasteiger partial charge is 0.455 e. The van der Waals surface area contributed by atoms with Crippen LogP contribution in [0.15, 0.2) is 12.1 Å². The van der Waals surface area contributed by atoms with Gasteiger partial charge in [0.2, 0.25) is 0 Å². The first kappa shape index (κ1) is 24.7. The van der Waals surface area contributed by atoms with E-state index in [0.717, 1.165) is 22.3 Å². The molecule has 7 nitrogen and oxygen atoms in total. The molecule has 1 aliphatic heterocycles. The van der Waals surface area contributed by atoms with Gasteiger partial charge in [0.1, 0.15) is 11.5 Å². The van der Waals surface area contributed by atoms with E-state index in [9.17, 15) is 14.4 Å². The minimum absolute atomic E-state index is 0.548. The standard InChI is InChI=1S/C21H27BrO7S/c1-10-7-11(2)16(8-15(10)9-22)17-18(26-12(3)23)19(27-13(4)24)20(28-14(5)25)21(29-17)30-6/h7-8,17-21H,9H2,1-6H3/t17-,18-,19+,20-,21+/m0/s1. The molecule has 1 aromatic carbocycles. The van der Waals surface area contributed by atoms with Gasteiger partial charge >= 0.3 is 17.9 Å². The third-order valence-corrected chi connectivity index (χ3v) is 6.26. The number of esters is 3. The molecule has 1 heterocycles. The van der Waals surface area contributed by atoms with Gasteiger partial charge in [0.25, 0.3) is 0 Å². The molecular weight excluding hydrogens is 476 g/mol. The molecule has 0 amide bonds. The van der Waals surface area contributed by atoms with Crippen molar-refractivity contribution in [3.05, 3.63) is 34.4 Å². The van der Waals surface area contributed by atoms with Crippen molar-refractivity contribution in [1.29, 1.82) is 0 Å². The van der Waals surface area contributed by atoms with Gasteiger partial charge in [0.05, 0.1) is 0 Å². The summed E-state index contributed by atoms with van der Waals surface area (Å²) in [7, 11) is 0. The monoisotopic (exact) mass is 502 g/mol. The third kappa shape index (κ3) is 5.76. The molecular formula is C21H27BrO7S. The molecule has 0 aromatic heterocycles. The second-order valence-corrected chi connectivity index (χ2v) is 8.65. The Hall–Kier alpha value is -1.58. The average Bonchev–Trinajstić information content (AvgIpc) is 2.64. The number of hydrogen-bond acceptors (Lipinski definition) is 8. The van der Waals surface area contributed by atoms with Gasteiger partial charge in [-0.15, -0.1) is 11.8 Å². The summed E-state index contributed by atoms with van der Waals surface area (Å²) in [4.78, 5) is 35.5. The zero-order chi connectivity index (χ0) is 22.6. The number of rotatable bonds is 6. The number of ether oxygens (including phenoxy) is 4. The number of carbonyl (C=O) groups is 3. The molecule has 5 atom stereocenters. The molecule has 2 rings (SSSR count). The van der Waals surface area contributed by atoms with Crippen LogP contribution in [-0.2, 0) is 38.7 Å². The lowest BCUT2D eigenvalue weighted by Crippen LogP contribution is -2.57. The average molecular weight is 503 g/mol. The summed E-state index contributed by atoms with van der Waals surface area (Å²) in [6, 6.07) is 4.03. The van der Waals surface area contributed by atoms with Gasteiger partial charge < -0.3 is 18.9 Å². The van der Waals surface area contributed by atoms with Crippen LogP contribution in [0.2, 0.25) is 0 Å². The first-order valence-corrected chi connectivity index (χ1v) is 11.9. The summed E-state index contributed by atoms with van der Waals surface area (Å²) in [5.41, 5.74) is 3.32. The molecule has 166 valence electrons. The van der Waals surface area contributed by atoms with Crippen LogP contribution in [0.1, 0.15) is 49.1 Å². The molecule has 1 aliphatic rings. The zero-order valence-corrected chi connectivity index (χ0v) is 20.3. The molecule has 30 heavy (non-hydrogen) atoms. The number of halogens is 1. The molecule has 1 fully saturated rings. The molecule has 9 heteroatoms. The Kier molecular flexibility index (Phi) is 8.75. The molecule has 0 radical (unpaired) electrons. The van der Waals surface area contributed by atoms with E-state index >= 15 is 0 Å². The summed E-state index contributed by atoms with van der Waals surface area (Å²) in [6.07, 6.45) is -1.83. The highest BCUT2D eigenvalue weighted by molar-refractivity contribution is 9.08. The summed E-state index contributed by atoms with van der Waals surface area (Å²) in [6.45, 7) is 7.76. The zero-order valence-electron chi connectivity index (χ0n) is 17.9. The van der Waals surface area contributed by atoms with E-state index in [1.54, 1.807) is 6.26 Å². The number of carbonyl (C=O) groups excluding carboxylic acids is 3. The van der Waals surface area contributed by atoms with Gasteiger partial charge in [-0.3, -0.25) is 14.4 Å². The van der Waals surface area contributed by atoms with Crippen LogP contribution in [0.4, 0.5) is 0 Å². The molecule has 1 saturated heterocycles. The van der Waals surface area contributed by atoms with E-state index in [4.69, 9.17) is 18.9 Å². The number of thioether (sulfide) groups is 1. The lowest BCUT2D eigenvalue weighted by atomic mass is 9.89. The second-order valence-electron chi connectivity index (χ2n) is 7.15. The fourth-order valence-corrected chi connectivity index (χ4v) is 4.89.